The van der Waals surface area contributed by atoms with Crippen LogP contribution in [0.5, 0.6) is 0 Å². The molecule has 2 N–H and O–H groups in total. The van der Waals surface area contributed by atoms with Crippen molar-refractivity contribution in [2.75, 3.05) is 0 Å². The highest BCUT2D eigenvalue weighted by Crippen LogP contribution is 2.28. The molecule has 1 heterocycles. The monoisotopic (exact) mass is 474 g/mol. The van der Waals surface area contributed by atoms with Gasteiger partial charge in [-0.05, 0) is 38.3 Å². The van der Waals surface area contributed by atoms with Gasteiger partial charge in [0.1, 0.15) is 16.4 Å². The average molecular weight is 475 g/mol. The summed E-state index contributed by atoms with van der Waals surface area (Å²) in [6.45, 7) is 5.39. The Morgan fingerprint density at radius 2 is 1.72 bits per heavy atom. The normalized spacial score (nSPS) is 12.9. The number of ether oxygens (including phenoxy) is 1. The predicted molar refractivity (Wildman–Crippen MR) is 125 cm³/mol. The van der Waals surface area contributed by atoms with Gasteiger partial charge in [0, 0.05) is 10.9 Å². The third-order valence-corrected chi connectivity index (χ3v) is 6.05. The van der Waals surface area contributed by atoms with Gasteiger partial charge in [-0.3, -0.25) is 4.55 Å². The molecule has 0 bridgehead atoms. The Hall–Kier alpha value is -2.75. The summed E-state index contributed by atoms with van der Waals surface area (Å²) in [6.07, 6.45) is -0.102. The highest BCUT2D eigenvalue weighted by molar-refractivity contribution is 7.85. The van der Waals surface area contributed by atoms with Gasteiger partial charge in [-0.15, -0.1) is 11.3 Å². The van der Waals surface area contributed by atoms with Crippen LogP contribution in [0.4, 0.5) is 4.79 Å². The lowest BCUT2D eigenvalue weighted by atomic mass is 10.0. The van der Waals surface area contributed by atoms with E-state index in [0.29, 0.717) is 12.0 Å². The maximum atomic E-state index is 12.5. The first-order chi connectivity index (χ1) is 15.0. The molecule has 0 aliphatic carbocycles. The second-order valence-corrected chi connectivity index (χ2v) is 10.7. The van der Waals surface area contributed by atoms with Crippen molar-refractivity contribution in [3.8, 4) is 11.3 Å². The summed E-state index contributed by atoms with van der Waals surface area (Å²) < 4.78 is 36.6. The topological polar surface area (TPSA) is 106 Å². The van der Waals surface area contributed by atoms with Crippen LogP contribution >= 0.6 is 11.3 Å². The summed E-state index contributed by atoms with van der Waals surface area (Å²) in [7, 11) is -4.09. The molecule has 3 aromatic rings. The van der Waals surface area contributed by atoms with Gasteiger partial charge in [0.25, 0.3) is 10.1 Å². The summed E-state index contributed by atoms with van der Waals surface area (Å²) in [5.74, 6) is -0.445. The second-order valence-electron chi connectivity index (χ2n) is 8.38. The van der Waals surface area contributed by atoms with Crippen molar-refractivity contribution in [2.45, 2.75) is 44.6 Å². The van der Waals surface area contributed by atoms with Crippen LogP contribution in [0, 0.1) is 0 Å². The van der Waals surface area contributed by atoms with Crippen molar-refractivity contribution in [1.82, 2.24) is 10.3 Å². The Kier molecular flexibility index (Phi) is 7.33. The summed E-state index contributed by atoms with van der Waals surface area (Å²) in [5.41, 5.74) is 2.53. The SMILES string of the molecule is CC(C)(C)OC(=O)N[C@@H](Cc1ccc(CS(=O)(=O)O)cc1)c1nc(-c2ccccc2)cs1. The number of amides is 1. The highest BCUT2D eigenvalue weighted by Gasteiger charge is 2.23. The molecule has 9 heteroatoms. The van der Waals surface area contributed by atoms with Crippen LogP contribution < -0.4 is 5.32 Å². The molecule has 0 aliphatic rings. The summed E-state index contributed by atoms with van der Waals surface area (Å²) in [6, 6.07) is 16.2. The van der Waals surface area contributed by atoms with E-state index < -0.39 is 33.6 Å². The molecule has 1 aromatic heterocycles. The number of carbonyl (C=O) groups is 1. The third-order valence-electron chi connectivity index (χ3n) is 4.39. The molecule has 0 aliphatic heterocycles. The van der Waals surface area contributed by atoms with E-state index in [2.05, 4.69) is 5.32 Å². The van der Waals surface area contributed by atoms with E-state index in [4.69, 9.17) is 14.3 Å². The number of alkyl carbamates (subject to hydrolysis) is 1. The lowest BCUT2D eigenvalue weighted by Gasteiger charge is -2.23. The Labute approximate surface area is 192 Å². The first kappa shape index (κ1) is 23.9. The molecule has 0 fully saturated rings. The molecule has 2 aromatic carbocycles. The number of benzene rings is 2. The molecule has 0 radical (unpaired) electrons. The summed E-state index contributed by atoms with van der Waals surface area (Å²) in [4.78, 5) is 17.2. The van der Waals surface area contributed by atoms with Crippen LogP contribution in [0.25, 0.3) is 11.3 Å². The van der Waals surface area contributed by atoms with Crippen molar-refractivity contribution < 1.29 is 22.5 Å². The minimum absolute atomic E-state index is 0.431. The van der Waals surface area contributed by atoms with E-state index in [9.17, 15) is 13.2 Å². The van der Waals surface area contributed by atoms with Crippen LogP contribution in [-0.2, 0) is 27.0 Å². The summed E-state index contributed by atoms with van der Waals surface area (Å²) >= 11 is 1.45. The van der Waals surface area contributed by atoms with Crippen molar-refractivity contribution in [2.24, 2.45) is 0 Å². The number of hydrogen-bond acceptors (Lipinski definition) is 6. The van der Waals surface area contributed by atoms with E-state index in [1.807, 2.05) is 35.7 Å². The quantitative estimate of drug-likeness (QED) is 0.467. The van der Waals surface area contributed by atoms with Gasteiger partial charge >= 0.3 is 6.09 Å². The number of thiazole rings is 1. The number of nitrogens with zero attached hydrogens (tertiary/aromatic N) is 1. The largest absolute Gasteiger partial charge is 0.444 e. The number of aromatic nitrogens is 1. The van der Waals surface area contributed by atoms with Crippen LogP contribution in [0.2, 0.25) is 0 Å². The first-order valence-electron chi connectivity index (χ1n) is 10.0. The Bertz CT molecular complexity index is 1150. The maximum Gasteiger partial charge on any atom is 0.408 e. The smallest absolute Gasteiger partial charge is 0.408 e. The van der Waals surface area contributed by atoms with Gasteiger partial charge in [-0.1, -0.05) is 54.6 Å². The first-order valence-corrected chi connectivity index (χ1v) is 12.5. The molecular formula is C23H26N2O5S2. The Morgan fingerprint density at radius 3 is 2.31 bits per heavy atom. The molecule has 0 saturated carbocycles. The summed E-state index contributed by atoms with van der Waals surface area (Å²) in [5, 5.41) is 5.59. The number of rotatable bonds is 7. The number of carbonyl (C=O) groups excluding carboxylic acids is 1. The molecule has 32 heavy (non-hydrogen) atoms. The molecule has 170 valence electrons. The molecule has 1 atom stereocenters. The van der Waals surface area contributed by atoms with Crippen LogP contribution in [0.1, 0.15) is 42.9 Å². The Morgan fingerprint density at radius 1 is 1.09 bits per heavy atom. The van der Waals surface area contributed by atoms with Gasteiger partial charge < -0.3 is 10.1 Å². The average Bonchev–Trinajstić information content (AvgIpc) is 3.17. The molecule has 1 amide bonds. The fraction of sp³-hybridized carbons (Fsp3) is 0.304. The third kappa shape index (κ3) is 7.44. The van der Waals surface area contributed by atoms with E-state index in [1.165, 1.54) is 11.3 Å². The van der Waals surface area contributed by atoms with Crippen LogP contribution in [0.3, 0.4) is 0 Å². The lowest BCUT2D eigenvalue weighted by Crippen LogP contribution is -2.35. The zero-order chi connectivity index (χ0) is 23.4. The minimum Gasteiger partial charge on any atom is -0.444 e. The molecule has 0 saturated heterocycles. The van der Waals surface area contributed by atoms with Gasteiger partial charge in [0.15, 0.2) is 0 Å². The van der Waals surface area contributed by atoms with E-state index in [-0.39, 0.29) is 0 Å². The maximum absolute atomic E-state index is 12.5. The van der Waals surface area contributed by atoms with Gasteiger partial charge in [-0.2, -0.15) is 8.42 Å². The van der Waals surface area contributed by atoms with Crippen molar-refractivity contribution >= 4 is 27.5 Å². The number of nitrogens with one attached hydrogen (secondary N) is 1. The zero-order valence-electron chi connectivity index (χ0n) is 18.1. The predicted octanol–water partition coefficient (Wildman–Crippen LogP) is 5.01. The van der Waals surface area contributed by atoms with Crippen molar-refractivity contribution in [3.63, 3.8) is 0 Å². The minimum atomic E-state index is -4.09. The standard InChI is InChI=1S/C23H26N2O5S2/c1-23(2,3)30-22(26)25-19(13-16-9-11-17(12-10-16)15-32(27,28)29)21-24-20(14-31-21)18-7-5-4-6-8-18/h4-12,14,19H,13,15H2,1-3H3,(H,25,26)(H,27,28,29)/t19-/m0/s1. The van der Waals surface area contributed by atoms with Crippen LogP contribution in [0.15, 0.2) is 60.0 Å². The van der Waals surface area contributed by atoms with E-state index in [0.717, 1.165) is 21.8 Å². The van der Waals surface area contributed by atoms with Gasteiger partial charge in [0.05, 0.1) is 11.7 Å². The van der Waals surface area contributed by atoms with E-state index >= 15 is 0 Å². The molecule has 7 nitrogen and oxygen atoms in total. The fourth-order valence-corrected chi connectivity index (χ4v) is 4.55. The second kappa shape index (κ2) is 9.81. The zero-order valence-corrected chi connectivity index (χ0v) is 19.7. The Balaban J connectivity index is 1.83. The fourth-order valence-electron chi connectivity index (χ4n) is 3.06. The van der Waals surface area contributed by atoms with Crippen molar-refractivity contribution in [1.29, 1.82) is 0 Å². The van der Waals surface area contributed by atoms with Gasteiger partial charge in [-0.25, -0.2) is 9.78 Å². The molecule has 3 rings (SSSR count). The van der Waals surface area contributed by atoms with E-state index in [1.54, 1.807) is 45.0 Å². The van der Waals surface area contributed by atoms with Gasteiger partial charge in [0.2, 0.25) is 0 Å². The number of hydrogen-bond donors (Lipinski definition) is 2. The lowest BCUT2D eigenvalue weighted by molar-refractivity contribution is 0.0503. The van der Waals surface area contributed by atoms with Crippen molar-refractivity contribution in [3.05, 3.63) is 76.1 Å². The molecular weight excluding hydrogens is 448 g/mol. The molecule has 0 spiro atoms. The molecule has 0 unspecified atom stereocenters. The highest BCUT2D eigenvalue weighted by atomic mass is 32.2. The van der Waals surface area contributed by atoms with Crippen LogP contribution in [-0.4, -0.2) is 29.6 Å².